The minimum absolute atomic E-state index is 0. The largest absolute Gasteiger partial charge is 0 e. The van der Waals surface area contributed by atoms with E-state index in [4.69, 9.17) is 0 Å². The molecule has 0 aromatic carbocycles. The molecular formula is CeCoCuNiW. The summed E-state index contributed by atoms with van der Waals surface area (Å²) in [7, 11) is 0. The first kappa shape index (κ1) is 38.4. The zero-order chi connectivity index (χ0) is 0. The average Bonchev–Trinajstić information content (AvgIpc) is 0. The molecule has 0 aliphatic rings. The zero-order valence-electron chi connectivity index (χ0n) is 1.86. The molecule has 40 valence electrons. The molecule has 5 heavy (non-hydrogen) atoms. The Bertz CT molecular complexity index is 11.6. The molecule has 0 aliphatic heterocycles. The van der Waals surface area contributed by atoms with Gasteiger partial charge >= 0.3 is 0 Å². The number of hydrogen-bond acceptors (Lipinski definition) is 0. The van der Waals surface area contributed by atoms with Gasteiger partial charge in [-0.1, -0.05) is 0 Å². The molecule has 0 bridgehead atoms. The second-order valence-corrected chi connectivity index (χ2v) is 0. The summed E-state index contributed by atoms with van der Waals surface area (Å²) in [4.78, 5) is 0. The summed E-state index contributed by atoms with van der Waals surface area (Å²) in [5, 5.41) is 0. The molecule has 0 aromatic heterocycles. The Kier molecular flexibility index (Phi) is 197. The van der Waals surface area contributed by atoms with Crippen LogP contribution in [0.5, 0.6) is 0 Å². The van der Waals surface area contributed by atoms with Gasteiger partial charge in [-0.15, -0.1) is 0 Å². The SMILES string of the molecule is [Ce].[Co].[Cu].[Ni].[W]. The number of hydrogen-bond donors (Lipinski definition) is 0. The monoisotopic (exact) mass is 504 g/mol. The molecule has 0 N–H and O–H groups in total. The van der Waals surface area contributed by atoms with Crippen molar-refractivity contribution in [2.45, 2.75) is 0 Å². The van der Waals surface area contributed by atoms with Crippen LogP contribution >= 0.6 is 0 Å². The fourth-order valence-electron chi connectivity index (χ4n) is 0. The fraction of sp³-hybridized carbons (Fsp3) is 0. The van der Waals surface area contributed by atoms with Crippen LogP contribution in [0.2, 0.25) is 0 Å². The molecule has 0 unspecified atom stereocenters. The van der Waals surface area contributed by atoms with Gasteiger partial charge in [0.2, 0.25) is 0 Å². The van der Waals surface area contributed by atoms with Crippen molar-refractivity contribution in [2.75, 3.05) is 0 Å². The summed E-state index contributed by atoms with van der Waals surface area (Å²) in [5.74, 6) is 0. The molecule has 2 radical (unpaired) electrons. The first-order chi connectivity index (χ1) is 0. The molecule has 0 nitrogen and oxygen atoms in total. The van der Waals surface area contributed by atoms with Crippen molar-refractivity contribution in [1.29, 1.82) is 0 Å². The molecule has 0 fully saturated rings. The maximum Gasteiger partial charge on any atom is 0 e. The van der Waals surface area contributed by atoms with Gasteiger partial charge in [-0.3, -0.25) is 0 Å². The van der Waals surface area contributed by atoms with Crippen LogP contribution < -0.4 is 0 Å². The molecule has 0 atom stereocenters. The van der Waals surface area contributed by atoms with E-state index in [0.29, 0.717) is 0 Å². The predicted molar refractivity (Wildman–Crippen MR) is 0 cm³/mol. The van der Waals surface area contributed by atoms with Crippen LogP contribution in [0, 0.1) is 41.7 Å². The summed E-state index contributed by atoms with van der Waals surface area (Å²) in [6.07, 6.45) is 0. The van der Waals surface area contributed by atoms with Crippen LogP contribution in [-0.4, -0.2) is 0 Å². The Morgan fingerprint density at radius 1 is 1.00 bits per heavy atom. The Morgan fingerprint density at radius 3 is 1.00 bits per heavy atom. The van der Waals surface area contributed by atoms with E-state index in [-0.39, 0.29) is 113 Å². The normalized spacial score (nSPS) is 0. The first-order valence-corrected chi connectivity index (χ1v) is 0. The van der Waals surface area contributed by atoms with Crippen LogP contribution in [0.3, 0.4) is 0 Å². The molecule has 0 saturated carbocycles. The van der Waals surface area contributed by atoms with Crippen molar-refractivity contribution in [3.8, 4) is 0 Å². The molecule has 0 aromatic rings. The molecule has 0 heterocycles. The minimum atomic E-state index is 0. The third-order valence-electron chi connectivity index (χ3n) is 0. The third kappa shape index (κ3) is 18.4. The van der Waals surface area contributed by atoms with Gasteiger partial charge in [0.1, 0.15) is 0 Å². The van der Waals surface area contributed by atoms with Gasteiger partial charge in [0.15, 0.2) is 0 Å². The third-order valence-corrected chi connectivity index (χ3v) is 0. The molecule has 0 saturated heterocycles. The first-order valence-electron chi connectivity index (χ1n) is 0. The van der Waals surface area contributed by atoms with Crippen molar-refractivity contribution in [3.63, 3.8) is 0 Å². The van der Waals surface area contributed by atoms with Gasteiger partial charge in [-0.2, -0.15) is 0 Å². The second kappa shape index (κ2) is 25.6. The Hall–Kier alpha value is 3.58. The fourth-order valence-corrected chi connectivity index (χ4v) is 0. The van der Waals surface area contributed by atoms with Crippen LogP contribution in [-0.2, 0) is 71.4 Å². The van der Waals surface area contributed by atoms with Gasteiger partial charge in [-0.05, 0) is 0 Å². The minimum Gasteiger partial charge on any atom is 0 e. The van der Waals surface area contributed by atoms with Gasteiger partial charge in [0.05, 0.1) is 0 Å². The summed E-state index contributed by atoms with van der Waals surface area (Å²) < 4.78 is 0. The molecule has 0 spiro atoms. The van der Waals surface area contributed by atoms with E-state index in [1.165, 1.54) is 0 Å². The van der Waals surface area contributed by atoms with Crippen LogP contribution in [0.15, 0.2) is 0 Å². The molecule has 0 rings (SSSR count). The van der Waals surface area contributed by atoms with Gasteiger partial charge in [-0.25, -0.2) is 0 Å². The smallest absolute Gasteiger partial charge is 0 e. The van der Waals surface area contributed by atoms with E-state index in [2.05, 4.69) is 0 Å². The van der Waals surface area contributed by atoms with Crippen molar-refractivity contribution >= 4 is 0 Å². The van der Waals surface area contributed by atoms with E-state index in [9.17, 15) is 0 Å². The second-order valence-electron chi connectivity index (χ2n) is 0. The molecule has 0 amide bonds. The van der Waals surface area contributed by atoms with Crippen LogP contribution in [0.25, 0.3) is 0 Å². The quantitative estimate of drug-likeness (QED) is 0.407. The van der Waals surface area contributed by atoms with E-state index >= 15 is 0 Å². The van der Waals surface area contributed by atoms with Crippen LogP contribution in [0.1, 0.15) is 0 Å². The van der Waals surface area contributed by atoms with E-state index in [0.717, 1.165) is 0 Å². The van der Waals surface area contributed by atoms with Crippen molar-refractivity contribution < 1.29 is 113 Å². The van der Waals surface area contributed by atoms with Gasteiger partial charge < -0.3 is 0 Å². The van der Waals surface area contributed by atoms with E-state index in [1.54, 1.807) is 0 Å². The van der Waals surface area contributed by atoms with Crippen LogP contribution in [0.4, 0.5) is 0 Å². The molecule has 5 heteroatoms. The predicted octanol–water partition coefficient (Wildman–Crippen LogP) is -0.0100. The summed E-state index contributed by atoms with van der Waals surface area (Å²) >= 11 is 0. The van der Waals surface area contributed by atoms with Crippen molar-refractivity contribution in [2.24, 2.45) is 0 Å². The maximum absolute atomic E-state index is 0. The summed E-state index contributed by atoms with van der Waals surface area (Å²) in [6.45, 7) is 0. The Labute approximate surface area is 111 Å². The van der Waals surface area contributed by atoms with E-state index < -0.39 is 0 Å². The summed E-state index contributed by atoms with van der Waals surface area (Å²) in [5.41, 5.74) is 0. The Morgan fingerprint density at radius 2 is 1.00 bits per heavy atom. The van der Waals surface area contributed by atoms with Crippen molar-refractivity contribution in [1.82, 2.24) is 0 Å². The standard InChI is InChI=1S/Ce.Co.Cu.Ni.W. The number of rotatable bonds is 0. The van der Waals surface area contributed by atoms with Crippen molar-refractivity contribution in [3.05, 3.63) is 0 Å². The van der Waals surface area contributed by atoms with E-state index in [1.807, 2.05) is 0 Å². The zero-order valence-corrected chi connectivity index (χ0v) is 10.9. The summed E-state index contributed by atoms with van der Waals surface area (Å²) in [6, 6.07) is 0. The van der Waals surface area contributed by atoms with Gasteiger partial charge in [0, 0.05) is 113 Å². The molecule has 0 aliphatic carbocycles. The maximum atomic E-state index is 0. The van der Waals surface area contributed by atoms with Gasteiger partial charge in [0.25, 0.3) is 0 Å². The Balaban J connectivity index is 0. The topological polar surface area (TPSA) is 0 Å². The molecular weight excluding hydrogens is 505 g/mol. The average molecular weight is 505 g/mol.